The van der Waals surface area contributed by atoms with E-state index in [0.29, 0.717) is 25.7 Å². The number of aliphatic hydroxyl groups excluding tert-OH is 9. The van der Waals surface area contributed by atoms with Crippen LogP contribution in [-0.4, -0.2) is 180 Å². The Labute approximate surface area is 391 Å². The molecular formula is C48H76O19. The number of allylic oxidation sites excluding steroid dienone is 2. The zero-order chi connectivity index (χ0) is 49.1. The van der Waals surface area contributed by atoms with E-state index in [1.165, 1.54) is 12.5 Å². The second kappa shape index (κ2) is 18.0. The van der Waals surface area contributed by atoms with Crippen molar-refractivity contribution in [3.63, 3.8) is 0 Å². The molecule has 0 aromatic rings. The van der Waals surface area contributed by atoms with Crippen LogP contribution in [0.15, 0.2) is 11.6 Å². The molecule has 3 aliphatic heterocycles. The molecule has 0 spiro atoms. The lowest BCUT2D eigenvalue weighted by Gasteiger charge is -2.71. The van der Waals surface area contributed by atoms with E-state index in [4.69, 9.17) is 28.4 Å². The Morgan fingerprint density at radius 2 is 1.28 bits per heavy atom. The van der Waals surface area contributed by atoms with Gasteiger partial charge in [0.15, 0.2) is 25.0 Å². The lowest BCUT2D eigenvalue weighted by molar-refractivity contribution is -0.382. The molecule has 7 fully saturated rings. The summed E-state index contributed by atoms with van der Waals surface area (Å²) in [6.45, 7) is 13.7. The van der Waals surface area contributed by atoms with Crippen molar-refractivity contribution < 1.29 is 94.2 Å². The lowest BCUT2D eigenvalue weighted by Crippen LogP contribution is -2.68. The van der Waals surface area contributed by atoms with Gasteiger partial charge in [0, 0.05) is 5.41 Å². The molecule has 3 heterocycles. The third-order valence-corrected chi connectivity index (χ3v) is 19.4. The maximum Gasteiger partial charge on any atom is 0.335 e. The summed E-state index contributed by atoms with van der Waals surface area (Å²) in [5.74, 6) is -2.28. The van der Waals surface area contributed by atoms with Crippen LogP contribution in [-0.2, 0) is 38.0 Å². The number of hydrogen-bond donors (Lipinski definition) is 11. The first-order valence-corrected chi connectivity index (χ1v) is 24.3. The van der Waals surface area contributed by atoms with Crippen LogP contribution in [0.3, 0.4) is 0 Å². The van der Waals surface area contributed by atoms with Gasteiger partial charge in [0.25, 0.3) is 0 Å². The molecule has 0 aromatic heterocycles. The van der Waals surface area contributed by atoms with Crippen molar-refractivity contribution in [2.75, 3.05) is 13.2 Å². The fourth-order valence-electron chi connectivity index (χ4n) is 15.1. The highest BCUT2D eigenvalue weighted by Gasteiger charge is 2.70. The zero-order valence-corrected chi connectivity index (χ0v) is 39.7. The normalized spacial score (nSPS) is 54.1. The molecule has 8 rings (SSSR count). The minimum absolute atomic E-state index is 0.0259. The highest BCUT2D eigenvalue weighted by molar-refractivity contribution is 5.76. The van der Waals surface area contributed by atoms with Gasteiger partial charge in [-0.2, -0.15) is 0 Å². The van der Waals surface area contributed by atoms with Crippen LogP contribution in [0.1, 0.15) is 113 Å². The van der Waals surface area contributed by atoms with Gasteiger partial charge in [-0.3, -0.25) is 4.79 Å². The van der Waals surface area contributed by atoms with Crippen LogP contribution in [0.2, 0.25) is 0 Å². The number of carboxylic acid groups (broad SMARTS) is 2. The van der Waals surface area contributed by atoms with Crippen molar-refractivity contribution in [3.8, 4) is 0 Å². The number of hydrogen-bond acceptors (Lipinski definition) is 17. The Kier molecular flexibility index (Phi) is 13.8. The second-order valence-electron chi connectivity index (χ2n) is 23.3. The molecule has 0 radical (unpaired) electrons. The van der Waals surface area contributed by atoms with Gasteiger partial charge in [-0.05, 0) is 111 Å². The Hall–Kier alpha value is -1.92. The number of aliphatic carboxylic acids is 2. The molecular weight excluding hydrogens is 881 g/mol. The first kappa shape index (κ1) is 51.4. The molecule has 67 heavy (non-hydrogen) atoms. The average Bonchev–Trinajstić information content (AvgIpc) is 3.27. The Morgan fingerprint density at radius 3 is 1.90 bits per heavy atom. The standard InChI is InChI=1S/C48H76O19/c1-21-28(51)30(53)31(54)39(62-21)65-35-29(52)24(19-49)63-40(33(35)56)66-36-32(55)37(38(58)59)67-41(34(36)57)64-27-11-12-44(4)25(45(27,5)20-50)10-13-47(7)26(44)9-8-22-23-18-43(2,3)14-16-48(23,42(60)61)17-15-46(22,47)6/h8,21,23-37,39-41,49-57H,9-20H2,1-7H3,(H,58,59)(H,60,61)/t21-,23-,24+,25?,26?,27-,28-,29-,30+,31+,32-,33+,34+,35-,36-,37-,39-,40-,41+,44-,45-,46+,47+,48-/m0/s1. The predicted octanol–water partition coefficient (Wildman–Crippen LogP) is 0.799. The molecule has 8 aliphatic rings. The smallest absolute Gasteiger partial charge is 0.335 e. The van der Waals surface area contributed by atoms with E-state index in [9.17, 15) is 65.8 Å². The third kappa shape index (κ3) is 7.97. The fraction of sp³-hybridized carbons (Fsp3) is 0.917. The van der Waals surface area contributed by atoms with Crippen molar-refractivity contribution in [2.24, 2.45) is 50.2 Å². The number of ether oxygens (including phenoxy) is 6. The van der Waals surface area contributed by atoms with Gasteiger partial charge in [0.1, 0.15) is 61.0 Å². The predicted molar refractivity (Wildman–Crippen MR) is 231 cm³/mol. The van der Waals surface area contributed by atoms with Crippen molar-refractivity contribution >= 4 is 11.9 Å². The number of aliphatic hydroxyl groups is 9. The SMILES string of the molecule is C[C@@H]1O[C@@H](O[C@H]2[C@@H](O)[C@@H](CO)O[C@@H](O[C@@H]3[C@@H](O)[C@H](O[C@H]4CC[C@@]5(C)C(CC[C@]6(C)C5CC=C5[C@@H]7CC(C)(C)CC[C@]7(C(=O)O)CC[C@]56C)[C@]4(C)CO)O[C@H](C(=O)O)[C@H]3O)[C@@H]2O)[C@H](O)[C@H](O)[C@H]1O. The summed E-state index contributed by atoms with van der Waals surface area (Å²) in [6, 6.07) is 0. The van der Waals surface area contributed by atoms with E-state index < -0.39 is 128 Å². The Bertz CT molecular complexity index is 1880. The minimum atomic E-state index is -2.08. The maximum absolute atomic E-state index is 13.1. The molecule has 0 aromatic carbocycles. The molecule has 2 unspecified atom stereocenters. The molecule has 382 valence electrons. The maximum atomic E-state index is 13.1. The Balaban J connectivity index is 1.02. The summed E-state index contributed by atoms with van der Waals surface area (Å²) in [4.78, 5) is 25.7. The van der Waals surface area contributed by atoms with Crippen molar-refractivity contribution in [1.29, 1.82) is 0 Å². The van der Waals surface area contributed by atoms with Crippen LogP contribution >= 0.6 is 0 Å². The highest BCUT2D eigenvalue weighted by atomic mass is 16.8. The van der Waals surface area contributed by atoms with Crippen molar-refractivity contribution in [3.05, 3.63) is 11.6 Å². The summed E-state index contributed by atoms with van der Waals surface area (Å²) in [5, 5.41) is 119. The number of carboxylic acids is 2. The van der Waals surface area contributed by atoms with Gasteiger partial charge in [0.05, 0.1) is 30.8 Å². The lowest BCUT2D eigenvalue weighted by atomic mass is 9.33. The fourth-order valence-corrected chi connectivity index (χ4v) is 15.1. The molecule has 19 nitrogen and oxygen atoms in total. The van der Waals surface area contributed by atoms with Crippen LogP contribution in [0.25, 0.3) is 0 Å². The summed E-state index contributed by atoms with van der Waals surface area (Å²) in [7, 11) is 0. The molecule has 0 bridgehead atoms. The van der Waals surface area contributed by atoms with Gasteiger partial charge in [-0.1, -0.05) is 53.2 Å². The molecule has 0 amide bonds. The van der Waals surface area contributed by atoms with Gasteiger partial charge in [-0.15, -0.1) is 0 Å². The quantitative estimate of drug-likeness (QED) is 0.107. The monoisotopic (exact) mass is 956 g/mol. The molecule has 11 N–H and O–H groups in total. The molecule has 5 aliphatic carbocycles. The van der Waals surface area contributed by atoms with Crippen LogP contribution in [0.4, 0.5) is 0 Å². The van der Waals surface area contributed by atoms with Gasteiger partial charge in [0.2, 0.25) is 0 Å². The summed E-state index contributed by atoms with van der Waals surface area (Å²) in [6.07, 6.45) is -17.7. The third-order valence-electron chi connectivity index (χ3n) is 19.4. The number of rotatable bonds is 10. The van der Waals surface area contributed by atoms with Gasteiger partial charge in [-0.25, -0.2) is 4.79 Å². The average molecular weight is 957 g/mol. The number of fused-ring (bicyclic) bond motifs is 7. The van der Waals surface area contributed by atoms with Crippen molar-refractivity contribution in [2.45, 2.75) is 211 Å². The molecule has 19 heteroatoms. The van der Waals surface area contributed by atoms with Crippen molar-refractivity contribution in [1.82, 2.24) is 0 Å². The van der Waals surface area contributed by atoms with E-state index in [0.717, 1.165) is 38.5 Å². The van der Waals surface area contributed by atoms with Gasteiger partial charge < -0.3 is 84.6 Å². The van der Waals surface area contributed by atoms with Gasteiger partial charge >= 0.3 is 11.9 Å². The zero-order valence-electron chi connectivity index (χ0n) is 39.7. The first-order chi connectivity index (χ1) is 31.2. The molecule has 24 atom stereocenters. The van der Waals surface area contributed by atoms with Crippen LogP contribution < -0.4 is 0 Å². The molecule has 4 saturated carbocycles. The molecule has 3 saturated heterocycles. The summed E-state index contributed by atoms with van der Waals surface area (Å²) >= 11 is 0. The minimum Gasteiger partial charge on any atom is -0.481 e. The van der Waals surface area contributed by atoms with E-state index >= 15 is 0 Å². The second-order valence-corrected chi connectivity index (χ2v) is 23.3. The number of carbonyl (C=O) groups is 2. The van der Waals surface area contributed by atoms with Crippen LogP contribution in [0, 0.1) is 50.2 Å². The van der Waals surface area contributed by atoms with E-state index in [-0.39, 0.29) is 46.0 Å². The highest BCUT2D eigenvalue weighted by Crippen LogP contribution is 2.76. The van der Waals surface area contributed by atoms with E-state index in [1.807, 2.05) is 6.92 Å². The summed E-state index contributed by atoms with van der Waals surface area (Å²) in [5.41, 5.74) is -1.10. The first-order valence-electron chi connectivity index (χ1n) is 24.3. The summed E-state index contributed by atoms with van der Waals surface area (Å²) < 4.78 is 35.1. The topological polar surface area (TPSA) is 312 Å². The Morgan fingerprint density at radius 1 is 0.672 bits per heavy atom. The van der Waals surface area contributed by atoms with E-state index in [2.05, 4.69) is 40.7 Å². The largest absolute Gasteiger partial charge is 0.481 e. The van der Waals surface area contributed by atoms with E-state index in [1.54, 1.807) is 0 Å². The van der Waals surface area contributed by atoms with Crippen LogP contribution in [0.5, 0.6) is 0 Å².